The molecular weight excluding hydrogens is 300 g/mol. The first-order chi connectivity index (χ1) is 10.7. The van der Waals surface area contributed by atoms with E-state index in [1.54, 1.807) is 0 Å². The minimum absolute atomic E-state index is 0.0435. The van der Waals surface area contributed by atoms with Crippen LogP contribution >= 0.6 is 11.8 Å². The lowest BCUT2D eigenvalue weighted by Crippen LogP contribution is -1.90. The zero-order valence-corrected chi connectivity index (χ0v) is 13.4. The molecule has 0 amide bonds. The van der Waals surface area contributed by atoms with Crippen molar-refractivity contribution in [3.63, 3.8) is 0 Å². The topological polar surface area (TPSA) is 77.8 Å². The van der Waals surface area contributed by atoms with E-state index in [-0.39, 0.29) is 5.25 Å². The molecule has 22 heavy (non-hydrogen) atoms. The lowest BCUT2D eigenvalue weighted by molar-refractivity contribution is 0.374. The Hall–Kier alpha value is -2.15. The molecule has 2 heterocycles. The van der Waals surface area contributed by atoms with Gasteiger partial charge in [0.25, 0.3) is 5.22 Å². The van der Waals surface area contributed by atoms with E-state index in [0.717, 1.165) is 17.5 Å². The molecule has 0 bridgehead atoms. The summed E-state index contributed by atoms with van der Waals surface area (Å²) in [6.45, 7) is 5.97. The van der Waals surface area contributed by atoms with Crippen LogP contribution in [0.15, 0.2) is 38.4 Å². The van der Waals surface area contributed by atoms with Crippen LogP contribution in [0.4, 0.5) is 0 Å². The number of aromatic nitrogens is 4. The summed E-state index contributed by atoms with van der Waals surface area (Å²) in [5, 5.41) is 12.5. The second kappa shape index (κ2) is 6.31. The van der Waals surface area contributed by atoms with Crippen LogP contribution < -0.4 is 0 Å². The Morgan fingerprint density at radius 2 is 2.05 bits per heavy atom. The predicted molar refractivity (Wildman–Crippen MR) is 82.4 cm³/mol. The minimum Gasteiger partial charge on any atom is -0.411 e. The Bertz CT molecular complexity index is 768. The molecule has 1 unspecified atom stereocenters. The lowest BCUT2D eigenvalue weighted by Gasteiger charge is -2.01. The summed E-state index contributed by atoms with van der Waals surface area (Å²) in [5.74, 6) is 1.79. The molecule has 0 saturated heterocycles. The zero-order chi connectivity index (χ0) is 15.5. The summed E-state index contributed by atoms with van der Waals surface area (Å²) in [6, 6.07) is 7.91. The molecule has 0 aliphatic heterocycles. The summed E-state index contributed by atoms with van der Waals surface area (Å²) in [6.07, 6.45) is 0.749. The van der Waals surface area contributed by atoms with Crippen LogP contribution in [-0.4, -0.2) is 20.3 Å². The van der Waals surface area contributed by atoms with Gasteiger partial charge in [0.2, 0.25) is 11.8 Å². The highest BCUT2D eigenvalue weighted by atomic mass is 32.2. The number of thioether (sulfide) groups is 1. The fourth-order valence-electron chi connectivity index (χ4n) is 1.96. The van der Waals surface area contributed by atoms with Crippen LogP contribution in [0.3, 0.4) is 0 Å². The third-order valence-electron chi connectivity index (χ3n) is 3.21. The van der Waals surface area contributed by atoms with Gasteiger partial charge in [-0.3, -0.25) is 0 Å². The Balaban J connectivity index is 1.75. The van der Waals surface area contributed by atoms with E-state index >= 15 is 0 Å². The van der Waals surface area contributed by atoms with Gasteiger partial charge in [-0.2, -0.15) is 4.98 Å². The van der Waals surface area contributed by atoms with Crippen LogP contribution in [-0.2, 0) is 6.42 Å². The highest BCUT2D eigenvalue weighted by molar-refractivity contribution is 7.99. The molecule has 3 aromatic rings. The SMILES string of the molecule is CCc1noc(C(C)Sc2nnc(-c3ccccc3C)o2)n1. The van der Waals surface area contributed by atoms with E-state index in [9.17, 15) is 0 Å². The third-order valence-corrected chi connectivity index (χ3v) is 4.13. The van der Waals surface area contributed by atoms with Gasteiger partial charge in [0, 0.05) is 12.0 Å². The van der Waals surface area contributed by atoms with E-state index in [1.165, 1.54) is 11.8 Å². The minimum atomic E-state index is -0.0435. The third kappa shape index (κ3) is 3.04. The maximum Gasteiger partial charge on any atom is 0.277 e. The van der Waals surface area contributed by atoms with Gasteiger partial charge in [-0.15, -0.1) is 10.2 Å². The molecule has 0 aliphatic rings. The first-order valence-corrected chi connectivity index (χ1v) is 7.94. The largest absolute Gasteiger partial charge is 0.411 e. The van der Waals surface area contributed by atoms with Crippen LogP contribution in [0.25, 0.3) is 11.5 Å². The molecule has 0 spiro atoms. The molecular formula is C15H16N4O2S. The summed E-state index contributed by atoms with van der Waals surface area (Å²) in [4.78, 5) is 4.32. The van der Waals surface area contributed by atoms with Crippen LogP contribution in [0, 0.1) is 6.92 Å². The van der Waals surface area contributed by atoms with Gasteiger partial charge in [0.05, 0.1) is 5.25 Å². The van der Waals surface area contributed by atoms with Crippen LogP contribution in [0.1, 0.15) is 36.4 Å². The van der Waals surface area contributed by atoms with Crippen molar-refractivity contribution in [2.45, 2.75) is 37.7 Å². The quantitative estimate of drug-likeness (QED) is 0.662. The zero-order valence-electron chi connectivity index (χ0n) is 12.6. The molecule has 7 heteroatoms. The number of benzene rings is 1. The van der Waals surface area contributed by atoms with Crippen molar-refractivity contribution in [2.75, 3.05) is 0 Å². The fourth-order valence-corrected chi connectivity index (χ4v) is 2.67. The maximum absolute atomic E-state index is 5.73. The summed E-state index contributed by atoms with van der Waals surface area (Å²) in [7, 11) is 0. The van der Waals surface area contributed by atoms with Crippen molar-refractivity contribution in [3.8, 4) is 11.5 Å². The molecule has 0 radical (unpaired) electrons. The Morgan fingerprint density at radius 3 is 2.77 bits per heavy atom. The molecule has 0 fully saturated rings. The second-order valence-electron chi connectivity index (χ2n) is 4.85. The molecule has 1 aromatic carbocycles. The summed E-state index contributed by atoms with van der Waals surface area (Å²) in [5.41, 5.74) is 2.04. The maximum atomic E-state index is 5.73. The smallest absolute Gasteiger partial charge is 0.277 e. The second-order valence-corrected chi connectivity index (χ2v) is 6.14. The molecule has 3 rings (SSSR count). The van der Waals surface area contributed by atoms with Gasteiger partial charge in [-0.05, 0) is 25.5 Å². The lowest BCUT2D eigenvalue weighted by atomic mass is 10.1. The highest BCUT2D eigenvalue weighted by Crippen LogP contribution is 2.34. The molecule has 0 aliphatic carbocycles. The number of aryl methyl sites for hydroxylation is 2. The Labute approximate surface area is 132 Å². The van der Waals surface area contributed by atoms with Crippen molar-refractivity contribution in [3.05, 3.63) is 41.5 Å². The Kier molecular flexibility index (Phi) is 4.24. The normalized spacial score (nSPS) is 12.5. The standard InChI is InChI=1S/C15H16N4O2S/c1-4-12-16-13(21-19-12)10(3)22-15-18-17-14(20-15)11-8-6-5-7-9(11)2/h5-8,10H,4H2,1-3H3. The highest BCUT2D eigenvalue weighted by Gasteiger charge is 2.19. The molecule has 1 atom stereocenters. The van der Waals surface area contributed by atoms with Crippen molar-refractivity contribution < 1.29 is 8.94 Å². The van der Waals surface area contributed by atoms with E-state index in [2.05, 4.69) is 20.3 Å². The van der Waals surface area contributed by atoms with Gasteiger partial charge in [0.15, 0.2) is 5.82 Å². The summed E-state index contributed by atoms with van der Waals surface area (Å²) >= 11 is 1.41. The van der Waals surface area contributed by atoms with Crippen LogP contribution in [0.2, 0.25) is 0 Å². The molecule has 2 aromatic heterocycles. The van der Waals surface area contributed by atoms with Gasteiger partial charge in [-0.25, -0.2) is 0 Å². The predicted octanol–water partition coefficient (Wildman–Crippen LogP) is 3.84. The van der Waals surface area contributed by atoms with Crippen molar-refractivity contribution in [1.29, 1.82) is 0 Å². The van der Waals surface area contributed by atoms with Crippen molar-refractivity contribution in [1.82, 2.24) is 20.3 Å². The van der Waals surface area contributed by atoms with Crippen molar-refractivity contribution >= 4 is 11.8 Å². The van der Waals surface area contributed by atoms with Gasteiger partial charge in [-0.1, -0.05) is 42.0 Å². The first-order valence-electron chi connectivity index (χ1n) is 7.06. The molecule has 0 saturated carbocycles. The molecule has 6 nitrogen and oxygen atoms in total. The van der Waals surface area contributed by atoms with Gasteiger partial charge < -0.3 is 8.94 Å². The van der Waals surface area contributed by atoms with Crippen molar-refractivity contribution in [2.24, 2.45) is 0 Å². The molecule has 114 valence electrons. The molecule has 0 N–H and O–H groups in total. The monoisotopic (exact) mass is 316 g/mol. The average molecular weight is 316 g/mol. The van der Waals surface area contributed by atoms with Gasteiger partial charge in [0.1, 0.15) is 0 Å². The number of rotatable bonds is 5. The number of nitrogens with zero attached hydrogens (tertiary/aromatic N) is 4. The average Bonchev–Trinajstić information content (AvgIpc) is 3.16. The Morgan fingerprint density at radius 1 is 1.23 bits per heavy atom. The number of hydrogen-bond donors (Lipinski definition) is 0. The van der Waals surface area contributed by atoms with Crippen LogP contribution in [0.5, 0.6) is 0 Å². The van der Waals surface area contributed by atoms with E-state index in [0.29, 0.717) is 22.8 Å². The fraction of sp³-hybridized carbons (Fsp3) is 0.333. The first kappa shape index (κ1) is 14.8. The van der Waals surface area contributed by atoms with E-state index in [4.69, 9.17) is 8.94 Å². The van der Waals surface area contributed by atoms with E-state index < -0.39 is 0 Å². The van der Waals surface area contributed by atoms with Gasteiger partial charge >= 0.3 is 0 Å². The number of hydrogen-bond acceptors (Lipinski definition) is 7. The summed E-state index contributed by atoms with van der Waals surface area (Å²) < 4.78 is 11.0. The van der Waals surface area contributed by atoms with E-state index in [1.807, 2.05) is 45.0 Å².